The molecule has 0 atom stereocenters. The zero-order chi connectivity index (χ0) is 25.5. The van der Waals surface area contributed by atoms with E-state index in [0.29, 0.717) is 30.2 Å². The summed E-state index contributed by atoms with van der Waals surface area (Å²) in [6.07, 6.45) is 2.02. The third-order valence-corrected chi connectivity index (χ3v) is 9.45. The number of hydrogen-bond donors (Lipinski definition) is 0. The maximum absolute atomic E-state index is 13.5. The molecule has 1 heterocycles. The van der Waals surface area contributed by atoms with Gasteiger partial charge < -0.3 is 9.47 Å². The molecule has 0 spiro atoms. The van der Waals surface area contributed by atoms with Crippen LogP contribution in [0.15, 0.2) is 65.6 Å². The molecule has 1 aliphatic heterocycles. The van der Waals surface area contributed by atoms with Crippen molar-refractivity contribution in [3.8, 4) is 22.6 Å². The standard InChI is InChI=1S/C29H31NO5S/c1-4-30(5-2)36(32,33)24-11-8-22(9-12-24)25-16-21(7-6-20(25)3)17-28(31)29(14-15-29)23-10-13-26-27(18-23)35-19-34-26/h6-13,16,18H,4-5,14-15,17,19H2,1-3H3. The van der Waals surface area contributed by atoms with Gasteiger partial charge in [0.05, 0.1) is 10.3 Å². The summed E-state index contributed by atoms with van der Waals surface area (Å²) in [5.74, 6) is 1.63. The van der Waals surface area contributed by atoms with Gasteiger partial charge in [-0.15, -0.1) is 0 Å². The van der Waals surface area contributed by atoms with Crippen molar-refractivity contribution in [1.29, 1.82) is 0 Å². The molecule has 0 N–H and O–H groups in total. The topological polar surface area (TPSA) is 72.9 Å². The van der Waals surface area contributed by atoms with Gasteiger partial charge in [-0.05, 0) is 71.8 Å². The lowest BCUT2D eigenvalue weighted by Crippen LogP contribution is -2.30. The van der Waals surface area contributed by atoms with Gasteiger partial charge in [-0.25, -0.2) is 8.42 Å². The molecule has 0 amide bonds. The number of Topliss-reactive ketones (excluding diaryl/α,β-unsaturated/α-hetero) is 1. The van der Waals surface area contributed by atoms with Crippen LogP contribution in [0.1, 0.15) is 43.4 Å². The smallest absolute Gasteiger partial charge is 0.243 e. The summed E-state index contributed by atoms with van der Waals surface area (Å²) in [6, 6.07) is 18.9. The van der Waals surface area contributed by atoms with Crippen molar-refractivity contribution in [1.82, 2.24) is 4.31 Å². The minimum atomic E-state index is -3.50. The second-order valence-electron chi connectivity index (χ2n) is 9.51. The van der Waals surface area contributed by atoms with E-state index < -0.39 is 15.4 Å². The maximum Gasteiger partial charge on any atom is 0.243 e. The van der Waals surface area contributed by atoms with E-state index in [0.717, 1.165) is 46.4 Å². The quantitative estimate of drug-likeness (QED) is 0.396. The Labute approximate surface area is 212 Å². The highest BCUT2D eigenvalue weighted by Crippen LogP contribution is 2.51. The number of fused-ring (bicyclic) bond motifs is 1. The summed E-state index contributed by atoms with van der Waals surface area (Å²) in [6.45, 7) is 6.78. The van der Waals surface area contributed by atoms with Crippen LogP contribution in [0.4, 0.5) is 0 Å². The Bertz CT molecular complexity index is 1400. The molecule has 2 aliphatic rings. The van der Waals surface area contributed by atoms with E-state index in [9.17, 15) is 13.2 Å². The zero-order valence-electron chi connectivity index (χ0n) is 20.9. The van der Waals surface area contributed by atoms with Gasteiger partial charge in [0.15, 0.2) is 11.5 Å². The van der Waals surface area contributed by atoms with Crippen molar-refractivity contribution in [2.45, 2.75) is 50.3 Å². The molecule has 5 rings (SSSR count). The van der Waals surface area contributed by atoms with Gasteiger partial charge in [0.2, 0.25) is 16.8 Å². The third-order valence-electron chi connectivity index (χ3n) is 7.38. The lowest BCUT2D eigenvalue weighted by Gasteiger charge is -2.19. The highest BCUT2D eigenvalue weighted by Gasteiger charge is 2.50. The van der Waals surface area contributed by atoms with E-state index in [1.807, 2.05) is 63.2 Å². The highest BCUT2D eigenvalue weighted by atomic mass is 32.2. The molecular weight excluding hydrogens is 474 g/mol. The van der Waals surface area contributed by atoms with Crippen molar-refractivity contribution >= 4 is 15.8 Å². The van der Waals surface area contributed by atoms with Crippen molar-refractivity contribution in [2.75, 3.05) is 19.9 Å². The van der Waals surface area contributed by atoms with Crippen LogP contribution in [0.25, 0.3) is 11.1 Å². The Morgan fingerprint density at radius 3 is 2.28 bits per heavy atom. The Balaban J connectivity index is 1.37. The first-order valence-electron chi connectivity index (χ1n) is 12.4. The van der Waals surface area contributed by atoms with Crippen molar-refractivity contribution in [2.24, 2.45) is 0 Å². The molecular formula is C29H31NO5S. The van der Waals surface area contributed by atoms with Gasteiger partial charge in [-0.1, -0.05) is 50.2 Å². The fourth-order valence-corrected chi connectivity index (χ4v) is 6.47. The number of rotatable bonds is 9. The minimum absolute atomic E-state index is 0.205. The number of benzene rings is 3. The summed E-state index contributed by atoms with van der Waals surface area (Å²) in [7, 11) is -3.50. The Kier molecular flexibility index (Phi) is 6.39. The van der Waals surface area contributed by atoms with Crippen LogP contribution in [0.2, 0.25) is 0 Å². The number of nitrogens with zero attached hydrogens (tertiary/aromatic N) is 1. The van der Waals surface area contributed by atoms with Gasteiger partial charge in [-0.2, -0.15) is 4.31 Å². The largest absolute Gasteiger partial charge is 0.454 e. The van der Waals surface area contributed by atoms with Crippen molar-refractivity contribution in [3.63, 3.8) is 0 Å². The molecule has 0 aromatic heterocycles. The number of ketones is 1. The van der Waals surface area contributed by atoms with Crippen molar-refractivity contribution < 1.29 is 22.7 Å². The number of carbonyl (C=O) groups excluding carboxylic acids is 1. The van der Waals surface area contributed by atoms with Crippen LogP contribution in [0.3, 0.4) is 0 Å². The molecule has 188 valence electrons. The van der Waals surface area contributed by atoms with Gasteiger partial charge in [0.25, 0.3) is 0 Å². The lowest BCUT2D eigenvalue weighted by molar-refractivity contribution is -0.120. The summed E-state index contributed by atoms with van der Waals surface area (Å²) < 4.78 is 38.1. The van der Waals surface area contributed by atoms with Crippen LogP contribution in [-0.2, 0) is 26.7 Å². The molecule has 0 saturated heterocycles. The summed E-state index contributed by atoms with van der Waals surface area (Å²) in [4.78, 5) is 13.8. The second-order valence-corrected chi connectivity index (χ2v) is 11.5. The summed E-state index contributed by atoms with van der Waals surface area (Å²) in [5, 5.41) is 0. The fourth-order valence-electron chi connectivity index (χ4n) is 5.01. The zero-order valence-corrected chi connectivity index (χ0v) is 21.7. The highest BCUT2D eigenvalue weighted by molar-refractivity contribution is 7.89. The van der Waals surface area contributed by atoms with Gasteiger partial charge in [0, 0.05) is 19.5 Å². The van der Waals surface area contributed by atoms with E-state index in [-0.39, 0.29) is 12.6 Å². The van der Waals surface area contributed by atoms with Crippen molar-refractivity contribution in [3.05, 3.63) is 77.4 Å². The first-order chi connectivity index (χ1) is 17.3. The predicted octanol–water partition coefficient (Wildman–Crippen LogP) is 5.26. The average molecular weight is 506 g/mol. The Hall–Kier alpha value is -3.16. The average Bonchev–Trinajstić information content (AvgIpc) is 3.56. The molecule has 3 aromatic carbocycles. The molecule has 36 heavy (non-hydrogen) atoms. The third kappa shape index (κ3) is 4.31. The lowest BCUT2D eigenvalue weighted by atomic mass is 9.87. The molecule has 0 radical (unpaired) electrons. The monoisotopic (exact) mass is 505 g/mol. The van der Waals surface area contributed by atoms with E-state index in [2.05, 4.69) is 6.07 Å². The molecule has 0 bridgehead atoms. The molecule has 1 aliphatic carbocycles. The SMILES string of the molecule is CCN(CC)S(=O)(=O)c1ccc(-c2cc(CC(=O)C3(c4ccc5c(c4)OCO5)CC3)ccc2C)cc1. The predicted molar refractivity (Wildman–Crippen MR) is 139 cm³/mol. The van der Waals surface area contributed by atoms with Crippen LogP contribution >= 0.6 is 0 Å². The van der Waals surface area contributed by atoms with Gasteiger partial charge in [-0.3, -0.25) is 4.79 Å². The van der Waals surface area contributed by atoms with Crippen LogP contribution < -0.4 is 9.47 Å². The molecule has 1 fully saturated rings. The first-order valence-corrected chi connectivity index (χ1v) is 13.9. The molecule has 1 saturated carbocycles. The van der Waals surface area contributed by atoms with E-state index in [1.54, 1.807) is 12.1 Å². The minimum Gasteiger partial charge on any atom is -0.454 e. The normalized spacial score (nSPS) is 15.8. The Morgan fingerprint density at radius 2 is 1.61 bits per heavy atom. The molecule has 7 heteroatoms. The second kappa shape index (κ2) is 9.37. The number of hydrogen-bond acceptors (Lipinski definition) is 5. The van der Waals surface area contributed by atoms with Crippen LogP contribution in [0.5, 0.6) is 11.5 Å². The fraction of sp³-hybridized carbons (Fsp3) is 0.345. The molecule has 6 nitrogen and oxygen atoms in total. The number of sulfonamides is 1. The van der Waals surface area contributed by atoms with Gasteiger partial charge in [0.1, 0.15) is 5.78 Å². The van der Waals surface area contributed by atoms with E-state index >= 15 is 0 Å². The van der Waals surface area contributed by atoms with E-state index in [4.69, 9.17) is 9.47 Å². The number of ether oxygens (including phenoxy) is 2. The van der Waals surface area contributed by atoms with Crippen LogP contribution in [0, 0.1) is 6.92 Å². The number of carbonyl (C=O) groups is 1. The first kappa shape index (κ1) is 24.5. The Morgan fingerprint density at radius 1 is 0.917 bits per heavy atom. The summed E-state index contributed by atoms with van der Waals surface area (Å²) in [5.41, 5.74) is 4.49. The molecule has 0 unspecified atom stereocenters. The van der Waals surface area contributed by atoms with Crippen LogP contribution in [-0.4, -0.2) is 38.4 Å². The summed E-state index contributed by atoms with van der Waals surface area (Å²) >= 11 is 0. The molecule has 3 aromatic rings. The van der Waals surface area contributed by atoms with E-state index in [1.165, 1.54) is 4.31 Å². The van der Waals surface area contributed by atoms with Gasteiger partial charge >= 0.3 is 0 Å². The number of aryl methyl sites for hydroxylation is 1. The maximum atomic E-state index is 13.5.